The molecule has 234 valence electrons. The first-order valence-electron chi connectivity index (χ1n) is 14.4. The van der Waals surface area contributed by atoms with E-state index in [0.717, 1.165) is 21.6 Å². The SMILES string of the molecule is NC(CCN(CCCCN(CC(=O)O)C(=O)OCc1ccccc1)C(=O)OCc1ccccc1)C(=O)OCc1ccccc1. The van der Waals surface area contributed by atoms with Crippen LogP contribution in [0, 0.1) is 0 Å². The van der Waals surface area contributed by atoms with Crippen molar-refractivity contribution in [3.63, 3.8) is 0 Å². The number of rotatable bonds is 17. The Bertz CT molecular complexity index is 1310. The van der Waals surface area contributed by atoms with Crippen molar-refractivity contribution >= 4 is 24.1 Å². The Balaban J connectivity index is 1.52. The van der Waals surface area contributed by atoms with E-state index >= 15 is 0 Å². The third-order valence-electron chi connectivity index (χ3n) is 6.60. The van der Waals surface area contributed by atoms with Gasteiger partial charge in [-0.1, -0.05) is 91.0 Å². The third kappa shape index (κ3) is 12.5. The van der Waals surface area contributed by atoms with E-state index in [1.165, 1.54) is 4.90 Å². The van der Waals surface area contributed by atoms with Crippen LogP contribution < -0.4 is 5.73 Å². The number of carboxylic acid groups (broad SMARTS) is 1. The van der Waals surface area contributed by atoms with Crippen molar-refractivity contribution in [3.8, 4) is 0 Å². The number of unbranched alkanes of at least 4 members (excludes halogenated alkanes) is 1. The molecule has 0 saturated heterocycles. The zero-order valence-electron chi connectivity index (χ0n) is 24.6. The number of nitrogens with two attached hydrogens (primary N) is 1. The normalized spacial score (nSPS) is 11.2. The average molecular weight is 606 g/mol. The van der Waals surface area contributed by atoms with Crippen LogP contribution in [-0.2, 0) is 43.6 Å². The van der Waals surface area contributed by atoms with Crippen molar-refractivity contribution in [3.05, 3.63) is 108 Å². The van der Waals surface area contributed by atoms with Gasteiger partial charge in [-0.05, 0) is 36.0 Å². The molecule has 1 unspecified atom stereocenters. The lowest BCUT2D eigenvalue weighted by molar-refractivity contribution is -0.146. The molecule has 0 heterocycles. The average Bonchev–Trinajstić information content (AvgIpc) is 3.05. The summed E-state index contributed by atoms with van der Waals surface area (Å²) in [7, 11) is 0. The van der Waals surface area contributed by atoms with Crippen LogP contribution in [0.4, 0.5) is 9.59 Å². The zero-order valence-corrected chi connectivity index (χ0v) is 24.6. The van der Waals surface area contributed by atoms with Crippen molar-refractivity contribution in [2.75, 3.05) is 26.2 Å². The Labute approximate surface area is 257 Å². The van der Waals surface area contributed by atoms with Crippen LogP contribution in [0.2, 0.25) is 0 Å². The number of hydrogen-bond donors (Lipinski definition) is 2. The Morgan fingerprint density at radius 2 is 1.02 bits per heavy atom. The summed E-state index contributed by atoms with van der Waals surface area (Å²) in [5.41, 5.74) is 8.51. The molecule has 11 nitrogen and oxygen atoms in total. The minimum absolute atomic E-state index is 0.0187. The molecule has 0 aliphatic carbocycles. The van der Waals surface area contributed by atoms with E-state index in [2.05, 4.69) is 0 Å². The Kier molecular flexibility index (Phi) is 14.2. The summed E-state index contributed by atoms with van der Waals surface area (Å²) in [6, 6.07) is 26.6. The monoisotopic (exact) mass is 605 g/mol. The van der Waals surface area contributed by atoms with Gasteiger partial charge in [0.2, 0.25) is 0 Å². The maximum Gasteiger partial charge on any atom is 0.410 e. The van der Waals surface area contributed by atoms with Crippen LogP contribution in [0.15, 0.2) is 91.0 Å². The van der Waals surface area contributed by atoms with E-state index in [0.29, 0.717) is 12.8 Å². The predicted molar refractivity (Wildman–Crippen MR) is 162 cm³/mol. The summed E-state index contributed by atoms with van der Waals surface area (Å²) in [5.74, 6) is -1.74. The fourth-order valence-electron chi connectivity index (χ4n) is 4.17. The lowest BCUT2D eigenvalue weighted by Gasteiger charge is -2.24. The summed E-state index contributed by atoms with van der Waals surface area (Å²) in [5, 5.41) is 9.29. The molecule has 3 rings (SSSR count). The number of hydrogen-bond acceptors (Lipinski definition) is 8. The Morgan fingerprint density at radius 1 is 0.614 bits per heavy atom. The number of aliphatic carboxylic acids is 1. The molecule has 0 spiro atoms. The molecular formula is C33H39N3O8. The van der Waals surface area contributed by atoms with E-state index in [1.54, 1.807) is 12.1 Å². The molecule has 0 radical (unpaired) electrons. The molecule has 0 aliphatic rings. The van der Waals surface area contributed by atoms with Gasteiger partial charge in [0.25, 0.3) is 0 Å². The van der Waals surface area contributed by atoms with Gasteiger partial charge in [0.05, 0.1) is 0 Å². The highest BCUT2D eigenvalue weighted by Gasteiger charge is 2.22. The van der Waals surface area contributed by atoms with Gasteiger partial charge in [-0.3, -0.25) is 14.5 Å². The van der Waals surface area contributed by atoms with Gasteiger partial charge in [0, 0.05) is 19.6 Å². The van der Waals surface area contributed by atoms with Crippen molar-refractivity contribution in [1.29, 1.82) is 0 Å². The predicted octanol–water partition coefficient (Wildman–Crippen LogP) is 4.59. The number of nitrogens with zero attached hydrogens (tertiary/aromatic N) is 2. The summed E-state index contributed by atoms with van der Waals surface area (Å²) < 4.78 is 16.1. The molecule has 0 bridgehead atoms. The molecule has 0 saturated carbocycles. The fourth-order valence-corrected chi connectivity index (χ4v) is 4.17. The van der Waals surface area contributed by atoms with E-state index < -0.39 is 36.7 Å². The lowest BCUT2D eigenvalue weighted by atomic mass is 10.2. The van der Waals surface area contributed by atoms with E-state index in [9.17, 15) is 24.3 Å². The van der Waals surface area contributed by atoms with Crippen LogP contribution in [0.1, 0.15) is 36.0 Å². The molecule has 2 amide bonds. The number of amides is 2. The van der Waals surface area contributed by atoms with Crippen LogP contribution >= 0.6 is 0 Å². The summed E-state index contributed by atoms with van der Waals surface area (Å²) in [6.07, 6.45) is -0.360. The topological polar surface area (TPSA) is 149 Å². The van der Waals surface area contributed by atoms with Crippen LogP contribution in [0.5, 0.6) is 0 Å². The highest BCUT2D eigenvalue weighted by Crippen LogP contribution is 2.10. The van der Waals surface area contributed by atoms with Crippen LogP contribution in [0.3, 0.4) is 0 Å². The number of ether oxygens (including phenoxy) is 3. The number of benzene rings is 3. The second-order valence-electron chi connectivity index (χ2n) is 10.1. The second-order valence-corrected chi connectivity index (χ2v) is 10.1. The van der Waals surface area contributed by atoms with E-state index in [-0.39, 0.29) is 45.9 Å². The minimum Gasteiger partial charge on any atom is -0.480 e. The summed E-state index contributed by atoms with van der Waals surface area (Å²) in [6.45, 7) is 0.143. The molecule has 1 atom stereocenters. The van der Waals surface area contributed by atoms with Gasteiger partial charge in [-0.15, -0.1) is 0 Å². The van der Waals surface area contributed by atoms with Gasteiger partial charge >= 0.3 is 24.1 Å². The fraction of sp³-hybridized carbons (Fsp3) is 0.333. The maximum atomic E-state index is 13.0. The van der Waals surface area contributed by atoms with Crippen LogP contribution in [-0.4, -0.2) is 71.3 Å². The number of esters is 1. The molecule has 3 aromatic rings. The van der Waals surface area contributed by atoms with E-state index in [4.69, 9.17) is 19.9 Å². The molecule has 3 N–H and O–H groups in total. The van der Waals surface area contributed by atoms with Crippen molar-refractivity contribution < 1.29 is 38.5 Å². The lowest BCUT2D eigenvalue weighted by Crippen LogP contribution is -2.40. The molecule has 44 heavy (non-hydrogen) atoms. The first kappa shape index (κ1) is 33.6. The van der Waals surface area contributed by atoms with Gasteiger partial charge in [-0.25, -0.2) is 9.59 Å². The molecule has 3 aromatic carbocycles. The first-order valence-corrected chi connectivity index (χ1v) is 14.4. The molecule has 11 heteroatoms. The number of carbonyl (C=O) groups is 4. The maximum absolute atomic E-state index is 13.0. The summed E-state index contributed by atoms with van der Waals surface area (Å²) >= 11 is 0. The second kappa shape index (κ2) is 18.6. The van der Waals surface area contributed by atoms with Gasteiger partial charge < -0.3 is 30.0 Å². The molecular weight excluding hydrogens is 566 g/mol. The Morgan fingerprint density at radius 3 is 1.48 bits per heavy atom. The van der Waals surface area contributed by atoms with Gasteiger partial charge in [0.15, 0.2) is 0 Å². The van der Waals surface area contributed by atoms with Gasteiger partial charge in [-0.2, -0.15) is 0 Å². The standard InChI is InChI=1S/C33H39N3O8/c34-29(31(39)42-23-26-12-4-1-5-13-26)18-21-35(32(40)43-24-27-14-6-2-7-15-27)19-10-11-20-36(22-30(37)38)33(41)44-25-28-16-8-3-9-17-28/h1-9,12-17,29H,10-11,18-25,34H2,(H,37,38). The van der Waals surface area contributed by atoms with Crippen molar-refractivity contribution in [2.24, 2.45) is 5.73 Å². The molecule has 0 fully saturated rings. The molecule has 0 aromatic heterocycles. The first-order chi connectivity index (χ1) is 21.3. The van der Waals surface area contributed by atoms with Crippen LogP contribution in [0.25, 0.3) is 0 Å². The Hall–Kier alpha value is -4.90. The number of carboxylic acids is 1. The largest absolute Gasteiger partial charge is 0.480 e. The van der Waals surface area contributed by atoms with Crippen molar-refractivity contribution in [2.45, 2.75) is 45.1 Å². The third-order valence-corrected chi connectivity index (χ3v) is 6.60. The van der Waals surface area contributed by atoms with Crippen molar-refractivity contribution in [1.82, 2.24) is 9.80 Å². The van der Waals surface area contributed by atoms with E-state index in [1.807, 2.05) is 78.9 Å². The minimum atomic E-state index is -1.17. The smallest absolute Gasteiger partial charge is 0.410 e. The number of carbonyl (C=O) groups excluding carboxylic acids is 3. The quantitative estimate of drug-likeness (QED) is 0.128. The highest BCUT2D eigenvalue weighted by atomic mass is 16.6. The summed E-state index contributed by atoms with van der Waals surface area (Å²) in [4.78, 5) is 52.0. The van der Waals surface area contributed by atoms with Gasteiger partial charge in [0.1, 0.15) is 32.4 Å². The molecule has 0 aliphatic heterocycles. The highest BCUT2D eigenvalue weighted by molar-refractivity contribution is 5.77. The zero-order chi connectivity index (χ0) is 31.6.